The van der Waals surface area contributed by atoms with Gasteiger partial charge in [0.25, 0.3) is 0 Å². The highest BCUT2D eigenvalue weighted by Crippen LogP contribution is 2.46. The van der Waals surface area contributed by atoms with Crippen LogP contribution in [-0.4, -0.2) is 7.11 Å². The van der Waals surface area contributed by atoms with Crippen LogP contribution >= 0.6 is 0 Å². The Bertz CT molecular complexity index is 827. The smallest absolute Gasteiger partial charge is 0.130 e. The molecule has 0 bridgehead atoms. The van der Waals surface area contributed by atoms with Crippen LogP contribution in [0, 0.1) is 13.8 Å². The summed E-state index contributed by atoms with van der Waals surface area (Å²) in [5.41, 5.74) is 10.8. The summed E-state index contributed by atoms with van der Waals surface area (Å²) in [6.45, 7) is 13.4. The Morgan fingerprint density at radius 1 is 1.00 bits per heavy atom. The van der Waals surface area contributed by atoms with Gasteiger partial charge in [0.15, 0.2) is 0 Å². The average molecular weight is 335 g/mol. The van der Waals surface area contributed by atoms with E-state index in [0.29, 0.717) is 0 Å². The second-order valence-corrected chi connectivity index (χ2v) is 8.36. The summed E-state index contributed by atoms with van der Waals surface area (Å²) in [5.74, 6) is 1.04. The van der Waals surface area contributed by atoms with Crippen molar-refractivity contribution in [3.63, 3.8) is 0 Å². The Labute approximate surface area is 152 Å². The summed E-state index contributed by atoms with van der Waals surface area (Å²) in [4.78, 5) is 0. The number of methoxy groups -OCH3 is 1. The molecule has 0 amide bonds. The zero-order valence-electron chi connectivity index (χ0n) is 16.7. The first kappa shape index (κ1) is 17.8. The van der Waals surface area contributed by atoms with Crippen molar-refractivity contribution in [2.45, 2.75) is 59.8 Å². The van der Waals surface area contributed by atoms with Crippen molar-refractivity contribution in [2.75, 3.05) is 7.11 Å². The maximum atomic E-state index is 6.01. The topological polar surface area (TPSA) is 9.23 Å². The van der Waals surface area contributed by atoms with Gasteiger partial charge in [-0.05, 0) is 54.9 Å². The summed E-state index contributed by atoms with van der Waals surface area (Å²) < 4.78 is 6.01. The van der Waals surface area contributed by atoms with Crippen LogP contribution in [0.2, 0.25) is 0 Å². The molecule has 1 aliphatic carbocycles. The number of allylic oxidation sites excluding steroid dienone is 1. The van der Waals surface area contributed by atoms with Crippen LogP contribution in [0.5, 0.6) is 5.75 Å². The summed E-state index contributed by atoms with van der Waals surface area (Å²) >= 11 is 0. The molecular weight excluding hydrogens is 304 g/mol. The van der Waals surface area contributed by atoms with E-state index in [1.165, 1.54) is 44.5 Å². The highest BCUT2D eigenvalue weighted by Gasteiger charge is 2.28. The Balaban J connectivity index is 2.36. The number of rotatable bonds is 3. The summed E-state index contributed by atoms with van der Waals surface area (Å²) in [5, 5.41) is 0. The highest BCUT2D eigenvalue weighted by molar-refractivity contribution is 5.84. The molecule has 0 fully saturated rings. The van der Waals surface area contributed by atoms with Gasteiger partial charge in [-0.15, -0.1) is 0 Å². The van der Waals surface area contributed by atoms with Crippen LogP contribution in [0.15, 0.2) is 29.8 Å². The summed E-state index contributed by atoms with van der Waals surface area (Å²) in [6, 6.07) is 9.17. The molecule has 0 radical (unpaired) electrons. The molecule has 0 aliphatic heterocycles. The van der Waals surface area contributed by atoms with Gasteiger partial charge in [-0.25, -0.2) is 0 Å². The number of fused-ring (bicyclic) bond motifs is 1. The van der Waals surface area contributed by atoms with Gasteiger partial charge >= 0.3 is 0 Å². The fourth-order valence-electron chi connectivity index (χ4n) is 3.96. The van der Waals surface area contributed by atoms with Crippen molar-refractivity contribution in [1.29, 1.82) is 0 Å². The zero-order valence-corrected chi connectivity index (χ0v) is 16.7. The molecule has 1 heteroatoms. The van der Waals surface area contributed by atoms with E-state index in [1.807, 2.05) is 7.11 Å². The van der Waals surface area contributed by atoms with Crippen LogP contribution in [0.3, 0.4) is 0 Å². The first-order chi connectivity index (χ1) is 11.7. The summed E-state index contributed by atoms with van der Waals surface area (Å²) in [7, 11) is 1.81. The maximum Gasteiger partial charge on any atom is 0.130 e. The van der Waals surface area contributed by atoms with Gasteiger partial charge in [-0.1, -0.05) is 68.7 Å². The number of hydrogen-bond donors (Lipinski definition) is 0. The molecule has 1 aliphatic rings. The normalized spacial score (nSPS) is 13.6. The van der Waals surface area contributed by atoms with Crippen LogP contribution in [0.25, 0.3) is 17.2 Å². The van der Waals surface area contributed by atoms with Crippen molar-refractivity contribution in [2.24, 2.45) is 0 Å². The minimum absolute atomic E-state index is 0.0385. The molecule has 132 valence electrons. The van der Waals surface area contributed by atoms with E-state index in [-0.39, 0.29) is 5.41 Å². The Morgan fingerprint density at radius 3 is 2.16 bits per heavy atom. The van der Waals surface area contributed by atoms with E-state index < -0.39 is 0 Å². The second-order valence-electron chi connectivity index (χ2n) is 8.36. The minimum atomic E-state index is 0.0385. The SMILES string of the molecule is CCC1=Cc2cc(C(C)(C)C)c(OC)c(-c3cc(C)cc(C)c3)c2C1. The molecule has 0 aromatic heterocycles. The monoisotopic (exact) mass is 334 g/mol. The van der Waals surface area contributed by atoms with Gasteiger partial charge in [0.1, 0.15) is 5.75 Å². The molecule has 0 spiro atoms. The lowest BCUT2D eigenvalue weighted by atomic mass is 9.81. The molecule has 3 rings (SSSR count). The molecule has 1 nitrogen and oxygen atoms in total. The van der Waals surface area contributed by atoms with Gasteiger partial charge in [-0.2, -0.15) is 0 Å². The van der Waals surface area contributed by atoms with E-state index in [4.69, 9.17) is 4.74 Å². The fourth-order valence-corrected chi connectivity index (χ4v) is 3.96. The standard InChI is InChI=1S/C24H30O/c1-8-17-12-18-14-21(24(4,5)6)23(25-7)22(20(18)13-17)19-10-15(2)9-16(3)11-19/h9-12,14H,8,13H2,1-7H3. The van der Waals surface area contributed by atoms with Crippen molar-refractivity contribution < 1.29 is 4.74 Å². The third kappa shape index (κ3) is 3.25. The fraction of sp³-hybridized carbons (Fsp3) is 0.417. The van der Waals surface area contributed by atoms with E-state index >= 15 is 0 Å². The Hall–Kier alpha value is -2.02. The zero-order chi connectivity index (χ0) is 18.4. The molecule has 0 atom stereocenters. The van der Waals surface area contributed by atoms with E-state index in [0.717, 1.165) is 18.6 Å². The van der Waals surface area contributed by atoms with Crippen LogP contribution in [0.1, 0.15) is 61.9 Å². The first-order valence-electron chi connectivity index (χ1n) is 9.27. The molecule has 0 unspecified atom stereocenters. The number of hydrogen-bond acceptors (Lipinski definition) is 1. The number of aryl methyl sites for hydroxylation is 2. The van der Waals surface area contributed by atoms with E-state index in [9.17, 15) is 0 Å². The van der Waals surface area contributed by atoms with Gasteiger partial charge in [0.2, 0.25) is 0 Å². The van der Waals surface area contributed by atoms with Crippen molar-refractivity contribution in [3.05, 3.63) is 57.7 Å². The molecule has 0 saturated heterocycles. The van der Waals surface area contributed by atoms with E-state index in [1.54, 1.807) is 0 Å². The Morgan fingerprint density at radius 2 is 1.64 bits per heavy atom. The molecule has 0 N–H and O–H groups in total. The lowest BCUT2D eigenvalue weighted by Gasteiger charge is -2.26. The molecule has 0 saturated carbocycles. The predicted molar refractivity (Wildman–Crippen MR) is 109 cm³/mol. The third-order valence-electron chi connectivity index (χ3n) is 5.16. The van der Waals surface area contributed by atoms with Gasteiger partial charge in [0.05, 0.1) is 7.11 Å². The van der Waals surface area contributed by atoms with Crippen molar-refractivity contribution >= 4 is 6.08 Å². The van der Waals surface area contributed by atoms with Crippen LogP contribution in [-0.2, 0) is 11.8 Å². The third-order valence-corrected chi connectivity index (χ3v) is 5.16. The van der Waals surface area contributed by atoms with Crippen LogP contribution in [0.4, 0.5) is 0 Å². The lowest BCUT2D eigenvalue weighted by molar-refractivity contribution is 0.399. The summed E-state index contributed by atoms with van der Waals surface area (Å²) in [6.07, 6.45) is 4.53. The molecule has 2 aromatic carbocycles. The number of benzene rings is 2. The molecule has 0 heterocycles. The molecular formula is C24H30O. The van der Waals surface area contributed by atoms with E-state index in [2.05, 4.69) is 71.9 Å². The molecule has 2 aromatic rings. The average Bonchev–Trinajstić information content (AvgIpc) is 2.93. The van der Waals surface area contributed by atoms with Crippen molar-refractivity contribution in [1.82, 2.24) is 0 Å². The second kappa shape index (κ2) is 6.37. The van der Waals surface area contributed by atoms with Gasteiger partial charge in [-0.3, -0.25) is 0 Å². The van der Waals surface area contributed by atoms with Gasteiger partial charge in [0, 0.05) is 11.1 Å². The molecule has 25 heavy (non-hydrogen) atoms. The first-order valence-corrected chi connectivity index (χ1v) is 9.27. The Kier molecular flexibility index (Phi) is 4.53. The highest BCUT2D eigenvalue weighted by atomic mass is 16.5. The quantitative estimate of drug-likeness (QED) is 0.612. The minimum Gasteiger partial charge on any atom is -0.496 e. The maximum absolute atomic E-state index is 6.01. The van der Waals surface area contributed by atoms with Crippen LogP contribution < -0.4 is 4.74 Å². The van der Waals surface area contributed by atoms with Crippen molar-refractivity contribution in [3.8, 4) is 16.9 Å². The predicted octanol–water partition coefficient (Wildman–Crippen LogP) is 6.63. The number of ether oxygens (including phenoxy) is 1. The lowest BCUT2D eigenvalue weighted by Crippen LogP contribution is -2.14. The van der Waals surface area contributed by atoms with Gasteiger partial charge < -0.3 is 4.74 Å². The largest absolute Gasteiger partial charge is 0.496 e.